The topological polar surface area (TPSA) is 89.3 Å². The van der Waals surface area contributed by atoms with Gasteiger partial charge < -0.3 is 15.2 Å². The number of aliphatic hydroxyl groups is 1. The lowest BCUT2D eigenvalue weighted by molar-refractivity contribution is -0.116. The van der Waals surface area contributed by atoms with Crippen molar-refractivity contribution in [2.45, 2.75) is 26.0 Å². The average molecular weight is 290 g/mol. The molecule has 2 N–H and O–H groups in total. The minimum absolute atomic E-state index is 0.0229. The predicted molar refractivity (Wildman–Crippen MR) is 76.9 cm³/mol. The lowest BCUT2D eigenvalue weighted by Crippen LogP contribution is -2.19. The maximum Gasteiger partial charge on any atom is 0.246 e. The van der Waals surface area contributed by atoms with Gasteiger partial charge in [-0.05, 0) is 38.1 Å². The van der Waals surface area contributed by atoms with Crippen LogP contribution in [0, 0.1) is 0 Å². The summed E-state index contributed by atoms with van der Waals surface area (Å²) in [6.07, 6.45) is 1.55. The third-order valence-electron chi connectivity index (χ3n) is 2.84. The SMILES string of the molecule is COc1ccc(NC(=O)Cn2cc(C(C)(C)O)nn2)cc1. The van der Waals surface area contributed by atoms with E-state index in [-0.39, 0.29) is 12.5 Å². The second kappa shape index (κ2) is 5.92. The summed E-state index contributed by atoms with van der Waals surface area (Å²) in [4.78, 5) is 11.9. The van der Waals surface area contributed by atoms with Crippen LogP contribution < -0.4 is 10.1 Å². The number of amides is 1. The van der Waals surface area contributed by atoms with Gasteiger partial charge in [0.1, 0.15) is 23.6 Å². The van der Waals surface area contributed by atoms with Gasteiger partial charge in [0.25, 0.3) is 0 Å². The summed E-state index contributed by atoms with van der Waals surface area (Å²) in [7, 11) is 1.58. The van der Waals surface area contributed by atoms with Crippen LogP contribution in [0.1, 0.15) is 19.5 Å². The van der Waals surface area contributed by atoms with E-state index >= 15 is 0 Å². The molecular formula is C14H18N4O3. The van der Waals surface area contributed by atoms with Crippen LogP contribution in [0.4, 0.5) is 5.69 Å². The van der Waals surface area contributed by atoms with Crippen LogP contribution in [0.2, 0.25) is 0 Å². The Morgan fingerprint density at radius 3 is 2.57 bits per heavy atom. The number of hydrogen-bond donors (Lipinski definition) is 2. The van der Waals surface area contributed by atoms with Crippen LogP contribution in [0.25, 0.3) is 0 Å². The van der Waals surface area contributed by atoms with Crippen LogP contribution in [0.3, 0.4) is 0 Å². The number of carbonyl (C=O) groups excluding carboxylic acids is 1. The van der Waals surface area contributed by atoms with E-state index < -0.39 is 5.60 Å². The minimum Gasteiger partial charge on any atom is -0.497 e. The van der Waals surface area contributed by atoms with Crippen molar-refractivity contribution in [2.24, 2.45) is 0 Å². The maximum atomic E-state index is 11.9. The normalized spacial score (nSPS) is 11.2. The zero-order chi connectivity index (χ0) is 15.5. The smallest absolute Gasteiger partial charge is 0.246 e. The third kappa shape index (κ3) is 4.03. The molecule has 0 aliphatic carbocycles. The Balaban J connectivity index is 1.96. The Morgan fingerprint density at radius 2 is 2.05 bits per heavy atom. The van der Waals surface area contributed by atoms with Gasteiger partial charge in [0.2, 0.25) is 5.91 Å². The fourth-order valence-electron chi connectivity index (χ4n) is 1.68. The van der Waals surface area contributed by atoms with Gasteiger partial charge in [-0.2, -0.15) is 0 Å². The van der Waals surface area contributed by atoms with Crippen LogP contribution in [-0.2, 0) is 16.9 Å². The lowest BCUT2D eigenvalue weighted by atomic mass is 10.1. The van der Waals surface area contributed by atoms with Gasteiger partial charge in [-0.1, -0.05) is 5.21 Å². The van der Waals surface area contributed by atoms with E-state index in [0.29, 0.717) is 11.4 Å². The Bertz CT molecular complexity index is 614. The number of anilines is 1. The Hall–Kier alpha value is -2.41. The standard InChI is InChI=1S/C14H18N4O3/c1-14(2,20)12-8-18(17-16-12)9-13(19)15-10-4-6-11(21-3)7-5-10/h4-8,20H,9H2,1-3H3,(H,15,19). The van der Waals surface area contributed by atoms with E-state index in [1.54, 1.807) is 51.4 Å². The van der Waals surface area contributed by atoms with E-state index in [1.807, 2.05) is 0 Å². The molecule has 7 heteroatoms. The summed E-state index contributed by atoms with van der Waals surface area (Å²) in [5.41, 5.74) is 0.00780. The molecule has 0 saturated heterocycles. The van der Waals surface area contributed by atoms with Gasteiger partial charge in [-0.25, -0.2) is 4.68 Å². The zero-order valence-electron chi connectivity index (χ0n) is 12.2. The van der Waals surface area contributed by atoms with Crippen LogP contribution in [-0.4, -0.2) is 33.1 Å². The number of nitrogens with one attached hydrogen (secondary N) is 1. The molecule has 2 aromatic rings. The Kier molecular flexibility index (Phi) is 4.23. The number of rotatable bonds is 5. The molecule has 0 unspecified atom stereocenters. The van der Waals surface area contributed by atoms with Crippen molar-refractivity contribution in [1.82, 2.24) is 15.0 Å². The summed E-state index contributed by atoms with van der Waals surface area (Å²) >= 11 is 0. The number of carbonyl (C=O) groups is 1. The average Bonchev–Trinajstić information content (AvgIpc) is 2.88. The summed E-state index contributed by atoms with van der Waals surface area (Å²) < 4.78 is 6.43. The van der Waals surface area contributed by atoms with E-state index in [9.17, 15) is 9.90 Å². The summed E-state index contributed by atoms with van der Waals surface area (Å²) in [6, 6.07) is 7.02. The fourth-order valence-corrected chi connectivity index (χ4v) is 1.68. The van der Waals surface area contributed by atoms with E-state index in [4.69, 9.17) is 4.74 Å². The van der Waals surface area contributed by atoms with Crippen LogP contribution >= 0.6 is 0 Å². The van der Waals surface area contributed by atoms with E-state index in [2.05, 4.69) is 15.6 Å². The molecule has 0 spiro atoms. The largest absolute Gasteiger partial charge is 0.497 e. The number of hydrogen-bond acceptors (Lipinski definition) is 5. The van der Waals surface area contributed by atoms with E-state index in [0.717, 1.165) is 5.75 Å². The van der Waals surface area contributed by atoms with Crippen molar-refractivity contribution in [3.05, 3.63) is 36.2 Å². The van der Waals surface area contributed by atoms with Gasteiger partial charge >= 0.3 is 0 Å². The molecule has 0 aliphatic heterocycles. The highest BCUT2D eigenvalue weighted by atomic mass is 16.5. The predicted octanol–water partition coefficient (Wildman–Crippen LogP) is 1.15. The van der Waals surface area contributed by atoms with Crippen molar-refractivity contribution < 1.29 is 14.6 Å². The molecule has 0 saturated carbocycles. The van der Waals surface area contributed by atoms with Crippen molar-refractivity contribution in [3.63, 3.8) is 0 Å². The summed E-state index contributed by atoms with van der Waals surface area (Å²) in [6.45, 7) is 3.24. The Morgan fingerprint density at radius 1 is 1.38 bits per heavy atom. The highest BCUT2D eigenvalue weighted by molar-refractivity contribution is 5.90. The van der Waals surface area contributed by atoms with Gasteiger partial charge in [0.05, 0.1) is 13.3 Å². The molecule has 0 radical (unpaired) electrons. The first-order chi connectivity index (χ1) is 9.88. The minimum atomic E-state index is -1.08. The number of nitrogens with zero attached hydrogens (tertiary/aromatic N) is 3. The summed E-state index contributed by atoms with van der Waals surface area (Å²) in [5, 5.41) is 20.2. The first-order valence-corrected chi connectivity index (χ1v) is 6.45. The molecule has 0 aliphatic rings. The molecule has 2 rings (SSSR count). The number of aromatic nitrogens is 3. The van der Waals surface area contributed by atoms with Crippen molar-refractivity contribution in [1.29, 1.82) is 0 Å². The molecule has 1 aromatic carbocycles. The molecule has 7 nitrogen and oxygen atoms in total. The number of methoxy groups -OCH3 is 1. The Labute approximate surface area is 122 Å². The number of ether oxygens (including phenoxy) is 1. The molecule has 0 bridgehead atoms. The zero-order valence-corrected chi connectivity index (χ0v) is 12.2. The highest BCUT2D eigenvalue weighted by Gasteiger charge is 2.20. The maximum absolute atomic E-state index is 11.9. The fraction of sp³-hybridized carbons (Fsp3) is 0.357. The number of benzene rings is 1. The molecule has 1 heterocycles. The molecule has 0 atom stereocenters. The van der Waals surface area contributed by atoms with Gasteiger partial charge in [-0.3, -0.25) is 4.79 Å². The molecule has 0 fully saturated rings. The molecule has 21 heavy (non-hydrogen) atoms. The third-order valence-corrected chi connectivity index (χ3v) is 2.84. The second-order valence-corrected chi connectivity index (χ2v) is 5.14. The van der Waals surface area contributed by atoms with E-state index in [1.165, 1.54) is 4.68 Å². The van der Waals surface area contributed by atoms with Crippen molar-refractivity contribution in [2.75, 3.05) is 12.4 Å². The summed E-state index contributed by atoms with van der Waals surface area (Å²) in [5.74, 6) is 0.492. The van der Waals surface area contributed by atoms with Crippen molar-refractivity contribution in [3.8, 4) is 5.75 Å². The quantitative estimate of drug-likeness (QED) is 0.862. The van der Waals surface area contributed by atoms with Gasteiger partial charge in [0, 0.05) is 5.69 Å². The molecule has 1 aromatic heterocycles. The van der Waals surface area contributed by atoms with Crippen LogP contribution in [0.15, 0.2) is 30.5 Å². The van der Waals surface area contributed by atoms with Crippen molar-refractivity contribution >= 4 is 11.6 Å². The molecule has 112 valence electrons. The lowest BCUT2D eigenvalue weighted by Gasteiger charge is -2.11. The first kappa shape index (κ1) is 15.0. The van der Waals surface area contributed by atoms with Gasteiger partial charge in [-0.15, -0.1) is 5.10 Å². The first-order valence-electron chi connectivity index (χ1n) is 6.45. The monoisotopic (exact) mass is 290 g/mol. The van der Waals surface area contributed by atoms with Gasteiger partial charge in [0.15, 0.2) is 0 Å². The molecule has 1 amide bonds. The second-order valence-electron chi connectivity index (χ2n) is 5.14. The van der Waals surface area contributed by atoms with Crippen LogP contribution in [0.5, 0.6) is 5.75 Å². The highest BCUT2D eigenvalue weighted by Crippen LogP contribution is 2.16. The molecular weight excluding hydrogens is 272 g/mol.